The molecule has 72 valence electrons. The van der Waals surface area contributed by atoms with E-state index in [4.69, 9.17) is 0 Å². The normalized spacial score (nSPS) is 10.6. The quantitative estimate of drug-likeness (QED) is 0.537. The highest BCUT2D eigenvalue weighted by molar-refractivity contribution is 5.62. The minimum absolute atomic E-state index is 0.0672. The van der Waals surface area contributed by atoms with E-state index in [1.165, 1.54) is 0 Å². The van der Waals surface area contributed by atoms with E-state index >= 15 is 0 Å². The summed E-state index contributed by atoms with van der Waals surface area (Å²) < 4.78 is 1.75. The molecular weight excluding hydrogens is 182 g/mol. The van der Waals surface area contributed by atoms with Gasteiger partial charge in [0.25, 0.3) is 0 Å². The molecule has 0 unspecified atom stereocenters. The highest BCUT2D eigenvalue weighted by atomic mass is 16.6. The van der Waals surface area contributed by atoms with Crippen molar-refractivity contribution < 1.29 is 4.92 Å². The van der Waals surface area contributed by atoms with Crippen molar-refractivity contribution >= 4 is 11.3 Å². The Balaban J connectivity index is 2.80. The summed E-state index contributed by atoms with van der Waals surface area (Å²) in [6, 6.07) is 5.30. The molecule has 0 fully saturated rings. The maximum atomic E-state index is 10.7. The van der Waals surface area contributed by atoms with Crippen LogP contribution in [0.15, 0.2) is 24.4 Å². The van der Waals surface area contributed by atoms with E-state index in [-0.39, 0.29) is 5.82 Å². The smallest absolute Gasteiger partial charge is 0.358 e. The van der Waals surface area contributed by atoms with Gasteiger partial charge in [0.1, 0.15) is 5.52 Å². The summed E-state index contributed by atoms with van der Waals surface area (Å²) in [6.45, 7) is 1.92. The first-order valence-electron chi connectivity index (χ1n) is 4.34. The fraction of sp³-hybridized carbons (Fsp3) is 0.222. The third-order valence-electron chi connectivity index (χ3n) is 2.09. The molecule has 5 nitrogen and oxygen atoms in total. The molecule has 0 aliphatic heterocycles. The second-order valence-corrected chi connectivity index (χ2v) is 2.92. The van der Waals surface area contributed by atoms with Crippen LogP contribution < -0.4 is 0 Å². The van der Waals surface area contributed by atoms with Gasteiger partial charge in [0.15, 0.2) is 0 Å². The number of nitro groups is 1. The zero-order chi connectivity index (χ0) is 10.1. The Labute approximate surface area is 80.2 Å². The highest BCUT2D eigenvalue weighted by Crippen LogP contribution is 2.19. The van der Waals surface area contributed by atoms with Crippen LogP contribution in [0, 0.1) is 10.1 Å². The monoisotopic (exact) mass is 191 g/mol. The van der Waals surface area contributed by atoms with Crippen molar-refractivity contribution in [2.24, 2.45) is 0 Å². The first-order chi connectivity index (χ1) is 6.74. The second kappa shape index (κ2) is 3.10. The molecule has 0 N–H and O–H groups in total. The van der Waals surface area contributed by atoms with E-state index in [0.29, 0.717) is 17.8 Å². The van der Waals surface area contributed by atoms with Gasteiger partial charge in [-0.15, -0.1) is 0 Å². The molecule has 0 atom stereocenters. The number of aromatic nitrogens is 2. The van der Waals surface area contributed by atoms with Gasteiger partial charge in [0, 0.05) is 12.6 Å². The number of fused-ring (bicyclic) bond motifs is 1. The Hall–Kier alpha value is -1.91. The lowest BCUT2D eigenvalue weighted by molar-refractivity contribution is -0.387. The minimum Gasteiger partial charge on any atom is -0.358 e. The van der Waals surface area contributed by atoms with Gasteiger partial charge in [0.05, 0.1) is 0 Å². The molecule has 0 aliphatic rings. The topological polar surface area (TPSA) is 60.4 Å². The Bertz CT molecular complexity index is 490. The van der Waals surface area contributed by atoms with Gasteiger partial charge < -0.3 is 10.1 Å². The van der Waals surface area contributed by atoms with Crippen LogP contribution >= 0.6 is 0 Å². The van der Waals surface area contributed by atoms with E-state index in [0.717, 1.165) is 0 Å². The highest BCUT2D eigenvalue weighted by Gasteiger charge is 2.19. The van der Waals surface area contributed by atoms with Crippen LogP contribution in [0.1, 0.15) is 12.7 Å². The number of nitrogens with zero attached hydrogens (tertiary/aromatic N) is 3. The summed E-state index contributed by atoms with van der Waals surface area (Å²) in [4.78, 5) is 14.2. The second-order valence-electron chi connectivity index (χ2n) is 2.92. The van der Waals surface area contributed by atoms with Crippen molar-refractivity contribution in [1.82, 2.24) is 9.38 Å². The lowest BCUT2D eigenvalue weighted by Crippen LogP contribution is -1.90. The van der Waals surface area contributed by atoms with Crippen molar-refractivity contribution in [3.63, 3.8) is 0 Å². The fourth-order valence-corrected chi connectivity index (χ4v) is 1.47. The van der Waals surface area contributed by atoms with Gasteiger partial charge in [-0.1, -0.05) is 13.0 Å². The number of rotatable bonds is 2. The maximum Gasteiger partial charge on any atom is 0.389 e. The van der Waals surface area contributed by atoms with Crippen molar-refractivity contribution in [3.8, 4) is 0 Å². The van der Waals surface area contributed by atoms with Crippen molar-refractivity contribution in [1.29, 1.82) is 0 Å². The van der Waals surface area contributed by atoms with E-state index in [1.54, 1.807) is 22.7 Å². The molecule has 0 bridgehead atoms. The Morgan fingerprint density at radius 1 is 1.57 bits per heavy atom. The van der Waals surface area contributed by atoms with Gasteiger partial charge in [-0.05, 0) is 22.0 Å². The number of hydrogen-bond donors (Lipinski definition) is 0. The first-order valence-corrected chi connectivity index (χ1v) is 4.34. The lowest BCUT2D eigenvalue weighted by atomic mass is 10.4. The lowest BCUT2D eigenvalue weighted by Gasteiger charge is -1.92. The summed E-state index contributed by atoms with van der Waals surface area (Å²) in [5.41, 5.74) is 0.550. The van der Waals surface area contributed by atoms with Crippen LogP contribution in [0.2, 0.25) is 0 Å². The Kier molecular flexibility index (Phi) is 1.92. The summed E-state index contributed by atoms with van der Waals surface area (Å²) in [5.74, 6) is 0.648. The fourth-order valence-electron chi connectivity index (χ4n) is 1.47. The minimum atomic E-state index is -0.450. The van der Waals surface area contributed by atoms with E-state index in [2.05, 4.69) is 4.98 Å². The van der Waals surface area contributed by atoms with Crippen LogP contribution in [-0.4, -0.2) is 14.3 Å². The van der Waals surface area contributed by atoms with Crippen LogP contribution in [0.5, 0.6) is 0 Å². The van der Waals surface area contributed by atoms with Gasteiger partial charge in [-0.25, -0.2) is 0 Å². The van der Waals surface area contributed by atoms with E-state index in [9.17, 15) is 10.1 Å². The molecule has 5 heteroatoms. The zero-order valence-electron chi connectivity index (χ0n) is 7.67. The molecule has 14 heavy (non-hydrogen) atoms. The molecule has 2 aromatic rings. The summed E-state index contributed by atoms with van der Waals surface area (Å²) in [7, 11) is 0. The molecule has 0 amide bonds. The molecule has 0 saturated heterocycles. The third-order valence-corrected chi connectivity index (χ3v) is 2.09. The van der Waals surface area contributed by atoms with Crippen LogP contribution in [-0.2, 0) is 6.42 Å². The van der Waals surface area contributed by atoms with Gasteiger partial charge in [-0.2, -0.15) is 0 Å². The van der Waals surface area contributed by atoms with Crippen LogP contribution in [0.3, 0.4) is 0 Å². The summed E-state index contributed by atoms with van der Waals surface area (Å²) >= 11 is 0. The zero-order valence-corrected chi connectivity index (χ0v) is 7.67. The van der Waals surface area contributed by atoms with E-state index < -0.39 is 4.92 Å². The molecule has 0 radical (unpaired) electrons. The average molecular weight is 191 g/mol. The van der Waals surface area contributed by atoms with Gasteiger partial charge in [-0.3, -0.25) is 4.40 Å². The predicted molar refractivity (Wildman–Crippen MR) is 51.2 cm³/mol. The number of hydrogen-bond acceptors (Lipinski definition) is 3. The van der Waals surface area contributed by atoms with E-state index in [1.807, 2.05) is 13.0 Å². The molecule has 0 aromatic carbocycles. The molecule has 0 spiro atoms. The molecule has 2 heterocycles. The van der Waals surface area contributed by atoms with Crippen molar-refractivity contribution in [3.05, 3.63) is 40.3 Å². The van der Waals surface area contributed by atoms with Gasteiger partial charge >= 0.3 is 5.82 Å². The average Bonchev–Trinajstić information content (AvgIpc) is 2.56. The summed E-state index contributed by atoms with van der Waals surface area (Å²) in [6.07, 6.45) is 2.47. The van der Waals surface area contributed by atoms with Crippen molar-refractivity contribution in [2.75, 3.05) is 0 Å². The largest absolute Gasteiger partial charge is 0.389 e. The molecule has 2 rings (SSSR count). The Morgan fingerprint density at radius 3 is 3.00 bits per heavy atom. The Morgan fingerprint density at radius 2 is 2.36 bits per heavy atom. The van der Waals surface area contributed by atoms with Gasteiger partial charge in [0.2, 0.25) is 5.82 Å². The number of imidazole rings is 1. The summed E-state index contributed by atoms with van der Waals surface area (Å²) in [5, 5.41) is 10.7. The molecule has 0 saturated carbocycles. The van der Waals surface area contributed by atoms with Crippen LogP contribution in [0.4, 0.5) is 5.82 Å². The third kappa shape index (κ3) is 1.14. The molecular formula is C9H9N3O2. The SMILES string of the molecule is CCc1nc([N+](=O)[O-])c2ccccn12. The molecule has 0 aliphatic carbocycles. The number of pyridine rings is 1. The first kappa shape index (κ1) is 8.68. The number of aryl methyl sites for hydroxylation is 1. The maximum absolute atomic E-state index is 10.7. The predicted octanol–water partition coefficient (Wildman–Crippen LogP) is 1.80. The van der Waals surface area contributed by atoms with Crippen molar-refractivity contribution in [2.45, 2.75) is 13.3 Å². The standard InChI is InChI=1S/C9H9N3O2/c1-2-8-10-9(12(13)14)7-5-3-4-6-11(7)8/h3-6H,2H2,1H3. The van der Waals surface area contributed by atoms with Crippen LogP contribution in [0.25, 0.3) is 5.52 Å². The molecule has 2 aromatic heterocycles.